The third kappa shape index (κ3) is 7.41. The number of aliphatic carboxylic acids is 1. The largest absolute Gasteiger partial charge is 0.497 e. The van der Waals surface area contributed by atoms with Gasteiger partial charge in [0.1, 0.15) is 5.75 Å². The van der Waals surface area contributed by atoms with Crippen LogP contribution in [-0.2, 0) is 17.4 Å². The van der Waals surface area contributed by atoms with Crippen LogP contribution in [0.25, 0.3) is 10.9 Å². The van der Waals surface area contributed by atoms with Gasteiger partial charge in [-0.1, -0.05) is 12.1 Å². The number of rotatable bonds is 11. The van der Waals surface area contributed by atoms with Crippen molar-refractivity contribution in [2.45, 2.75) is 43.2 Å². The maximum absolute atomic E-state index is 13.3. The van der Waals surface area contributed by atoms with Crippen LogP contribution in [0.2, 0.25) is 0 Å². The number of carboxylic acid groups (broad SMARTS) is 1. The second-order valence-electron chi connectivity index (χ2n) is 9.80. The van der Waals surface area contributed by atoms with Crippen LogP contribution in [-0.4, -0.2) is 53.5 Å². The molecule has 4 rings (SSSR count). The van der Waals surface area contributed by atoms with Crippen LogP contribution < -0.4 is 4.74 Å². The van der Waals surface area contributed by atoms with E-state index in [9.17, 15) is 23.1 Å². The Morgan fingerprint density at radius 1 is 1.18 bits per heavy atom. The fraction of sp³-hybridized carbons (Fsp3) is 0.448. The maximum atomic E-state index is 13.3. The summed E-state index contributed by atoms with van der Waals surface area (Å²) in [6.07, 6.45) is 1.22. The number of halogens is 3. The van der Waals surface area contributed by atoms with E-state index in [-0.39, 0.29) is 17.2 Å². The summed E-state index contributed by atoms with van der Waals surface area (Å²) in [7, 11) is 1.65. The van der Waals surface area contributed by atoms with Gasteiger partial charge in [-0.15, -0.1) is 11.8 Å². The molecule has 0 spiro atoms. The zero-order valence-electron chi connectivity index (χ0n) is 21.4. The summed E-state index contributed by atoms with van der Waals surface area (Å²) in [5.74, 6) is 0.852. The topological polar surface area (TPSA) is 62.7 Å². The molecule has 2 aromatic carbocycles. The van der Waals surface area contributed by atoms with Crippen molar-refractivity contribution in [1.29, 1.82) is 0 Å². The summed E-state index contributed by atoms with van der Waals surface area (Å²) in [5.41, 5.74) is 1.53. The lowest BCUT2D eigenvalue weighted by Gasteiger charge is -2.38. The van der Waals surface area contributed by atoms with Gasteiger partial charge in [-0.2, -0.15) is 13.2 Å². The van der Waals surface area contributed by atoms with E-state index in [2.05, 4.69) is 9.88 Å². The van der Waals surface area contributed by atoms with Crippen LogP contribution in [0, 0.1) is 11.8 Å². The van der Waals surface area contributed by atoms with E-state index in [0.717, 1.165) is 54.9 Å². The first-order valence-corrected chi connectivity index (χ1v) is 13.9. The van der Waals surface area contributed by atoms with Crippen LogP contribution in [0.1, 0.15) is 36.8 Å². The number of aryl methyl sites for hydroxylation is 1. The lowest BCUT2D eigenvalue weighted by molar-refractivity contribution is -0.140. The minimum absolute atomic E-state index is 0.0305. The number of likely N-dealkylation sites (tertiary alicyclic amines) is 1. The van der Waals surface area contributed by atoms with Gasteiger partial charge in [-0.3, -0.25) is 9.78 Å². The Labute approximate surface area is 225 Å². The van der Waals surface area contributed by atoms with Gasteiger partial charge in [-0.25, -0.2) is 0 Å². The van der Waals surface area contributed by atoms with Crippen LogP contribution in [0.15, 0.2) is 59.6 Å². The number of thioether (sulfide) groups is 1. The number of benzene rings is 2. The number of methoxy groups -OCH3 is 1. The number of carbonyl (C=O) groups is 1. The smallest absolute Gasteiger partial charge is 0.417 e. The highest BCUT2D eigenvalue weighted by molar-refractivity contribution is 7.99. The molecule has 2 atom stereocenters. The van der Waals surface area contributed by atoms with Crippen LogP contribution in [0.5, 0.6) is 5.75 Å². The molecule has 1 aromatic heterocycles. The van der Waals surface area contributed by atoms with Gasteiger partial charge < -0.3 is 14.7 Å². The molecule has 1 saturated heterocycles. The number of carboxylic acids is 1. The average Bonchev–Trinajstić information content (AvgIpc) is 2.89. The SMILES string of the molecule is COc1ccc2nccc(CCC[C@@H]3CCN(CCSc4ccccc4C(F)(F)F)C[C@@H]3CC(=O)O)c2c1. The zero-order valence-corrected chi connectivity index (χ0v) is 22.2. The molecule has 0 unspecified atom stereocenters. The average molecular weight is 547 g/mol. The number of fused-ring (bicyclic) bond motifs is 1. The lowest BCUT2D eigenvalue weighted by atomic mass is 9.80. The molecule has 1 aliphatic rings. The van der Waals surface area contributed by atoms with Crippen LogP contribution in [0.4, 0.5) is 13.2 Å². The quantitative estimate of drug-likeness (QED) is 0.267. The van der Waals surface area contributed by atoms with E-state index < -0.39 is 17.7 Å². The molecular weight excluding hydrogens is 513 g/mol. The molecule has 1 fully saturated rings. The highest BCUT2D eigenvalue weighted by atomic mass is 32.2. The number of hydrogen-bond acceptors (Lipinski definition) is 5. The summed E-state index contributed by atoms with van der Waals surface area (Å²) >= 11 is 1.21. The molecule has 38 heavy (non-hydrogen) atoms. The summed E-state index contributed by atoms with van der Waals surface area (Å²) in [6.45, 7) is 2.12. The molecule has 1 aliphatic heterocycles. The van der Waals surface area contributed by atoms with Crippen molar-refractivity contribution in [1.82, 2.24) is 9.88 Å². The van der Waals surface area contributed by atoms with Gasteiger partial charge in [0.2, 0.25) is 0 Å². The highest BCUT2D eigenvalue weighted by Gasteiger charge is 2.33. The molecule has 0 saturated carbocycles. The van der Waals surface area contributed by atoms with E-state index in [1.54, 1.807) is 13.2 Å². The van der Waals surface area contributed by atoms with E-state index in [0.29, 0.717) is 24.8 Å². The van der Waals surface area contributed by atoms with Crippen molar-refractivity contribution in [3.05, 3.63) is 65.9 Å². The molecule has 1 N–H and O–H groups in total. The Hall–Kier alpha value is -2.78. The van der Waals surface area contributed by atoms with Crippen molar-refractivity contribution in [3.8, 4) is 5.75 Å². The van der Waals surface area contributed by atoms with Gasteiger partial charge in [0, 0.05) is 41.7 Å². The highest BCUT2D eigenvalue weighted by Crippen LogP contribution is 2.37. The van der Waals surface area contributed by atoms with Gasteiger partial charge in [-0.05, 0) is 86.0 Å². The van der Waals surface area contributed by atoms with E-state index in [1.807, 2.05) is 30.5 Å². The standard InChI is InChI=1S/C29H33F3N2O3S/c1-37-23-9-10-26-24(18-23)21(11-13-33-26)6-4-5-20-12-14-34(19-22(20)17-28(35)36)15-16-38-27-8-3-2-7-25(27)29(30,31)32/h2-3,7-11,13,18,20,22H,4-6,12,14-17,19H2,1H3,(H,35,36)/t20-,22+/m1/s1. The summed E-state index contributed by atoms with van der Waals surface area (Å²) in [5, 5.41) is 10.6. The Balaban J connectivity index is 1.32. The monoisotopic (exact) mass is 546 g/mol. The predicted molar refractivity (Wildman–Crippen MR) is 144 cm³/mol. The van der Waals surface area contributed by atoms with Crippen molar-refractivity contribution in [2.75, 3.05) is 32.5 Å². The fourth-order valence-electron chi connectivity index (χ4n) is 5.39. The first-order chi connectivity index (χ1) is 18.2. The molecule has 2 heterocycles. The number of pyridine rings is 1. The Kier molecular flexibility index (Phi) is 9.54. The molecule has 3 aromatic rings. The number of piperidine rings is 1. The fourth-order valence-corrected chi connectivity index (χ4v) is 6.47. The van der Waals surface area contributed by atoms with Crippen LogP contribution >= 0.6 is 11.8 Å². The molecule has 204 valence electrons. The molecule has 0 bridgehead atoms. The summed E-state index contributed by atoms with van der Waals surface area (Å²) in [6, 6.07) is 13.5. The number of nitrogens with zero attached hydrogens (tertiary/aromatic N) is 2. The molecule has 0 amide bonds. The van der Waals surface area contributed by atoms with Gasteiger partial charge in [0.25, 0.3) is 0 Å². The van der Waals surface area contributed by atoms with E-state index in [1.165, 1.54) is 29.5 Å². The van der Waals surface area contributed by atoms with Crippen LogP contribution in [0.3, 0.4) is 0 Å². The number of aromatic nitrogens is 1. The molecule has 9 heteroatoms. The Morgan fingerprint density at radius 2 is 2.00 bits per heavy atom. The van der Waals surface area contributed by atoms with Gasteiger partial charge >= 0.3 is 12.1 Å². The summed E-state index contributed by atoms with van der Waals surface area (Å²) < 4.78 is 45.2. The summed E-state index contributed by atoms with van der Waals surface area (Å²) in [4.78, 5) is 18.5. The Bertz CT molecular complexity index is 1240. The second kappa shape index (κ2) is 12.8. The molecule has 0 aliphatic carbocycles. The van der Waals surface area contributed by atoms with Gasteiger partial charge in [0.15, 0.2) is 0 Å². The molecule has 5 nitrogen and oxygen atoms in total. The minimum Gasteiger partial charge on any atom is -0.497 e. The first kappa shape index (κ1) is 28.2. The maximum Gasteiger partial charge on any atom is 0.417 e. The van der Waals surface area contributed by atoms with Crippen molar-refractivity contribution in [2.24, 2.45) is 11.8 Å². The van der Waals surface area contributed by atoms with Crippen molar-refractivity contribution < 1.29 is 27.8 Å². The molecular formula is C29H33F3N2O3S. The van der Waals surface area contributed by atoms with Gasteiger partial charge in [0.05, 0.1) is 18.2 Å². The number of alkyl halides is 3. The van der Waals surface area contributed by atoms with Crippen molar-refractivity contribution in [3.63, 3.8) is 0 Å². The first-order valence-electron chi connectivity index (χ1n) is 12.9. The normalized spacial score (nSPS) is 18.5. The van der Waals surface area contributed by atoms with Crippen molar-refractivity contribution >= 4 is 28.6 Å². The third-order valence-corrected chi connectivity index (χ3v) is 8.38. The second-order valence-corrected chi connectivity index (χ2v) is 10.9. The lowest BCUT2D eigenvalue weighted by Crippen LogP contribution is -2.42. The van der Waals surface area contributed by atoms with E-state index >= 15 is 0 Å². The number of hydrogen-bond donors (Lipinski definition) is 1. The number of ether oxygens (including phenoxy) is 1. The minimum atomic E-state index is -4.37. The van der Waals surface area contributed by atoms with E-state index in [4.69, 9.17) is 4.74 Å². The Morgan fingerprint density at radius 3 is 2.76 bits per heavy atom. The molecule has 0 radical (unpaired) electrons. The predicted octanol–water partition coefficient (Wildman–Crippen LogP) is 6.79. The zero-order chi connectivity index (χ0) is 27.1. The third-order valence-electron chi connectivity index (χ3n) is 7.33.